The van der Waals surface area contributed by atoms with Crippen molar-refractivity contribution in [3.63, 3.8) is 0 Å². The molecule has 7 rings (SSSR count). The molecule has 2 aromatic heterocycles. The van der Waals surface area contributed by atoms with E-state index in [1.54, 1.807) is 11.3 Å². The summed E-state index contributed by atoms with van der Waals surface area (Å²) in [5.74, 6) is 0. The van der Waals surface area contributed by atoms with E-state index in [0.717, 1.165) is 67.6 Å². The van der Waals surface area contributed by atoms with E-state index in [-0.39, 0.29) is 0 Å². The van der Waals surface area contributed by atoms with Crippen molar-refractivity contribution >= 4 is 39.4 Å². The number of fused-ring (bicyclic) bond motifs is 4. The molecule has 36 heavy (non-hydrogen) atoms. The highest BCUT2D eigenvalue weighted by Gasteiger charge is 2.16. The number of hydrogen-bond donors (Lipinski definition) is 0. The maximum absolute atomic E-state index is 9.23. The van der Waals surface area contributed by atoms with Crippen molar-refractivity contribution in [2.24, 2.45) is 0 Å². The fourth-order valence-electron chi connectivity index (χ4n) is 4.93. The Labute approximate surface area is 212 Å². The number of nitriles is 1. The van der Waals surface area contributed by atoms with Gasteiger partial charge in [0.1, 0.15) is 16.2 Å². The van der Waals surface area contributed by atoms with Crippen molar-refractivity contribution < 1.29 is 4.42 Å². The fraction of sp³-hybridized carbons (Fsp3) is 0.0625. The Kier molecular flexibility index (Phi) is 4.83. The standard InChI is InChI=1S/C32H20N2OS/c33-19-20-9-11-21(12-10-20)23-15-24(17-25(16-23)32-34-28-6-2-4-8-31(28)36-32)22-13-14-27-26-5-1-3-7-29(26)35-30(27)18-22/h1,3-5,7-18H,2,6H2. The summed E-state index contributed by atoms with van der Waals surface area (Å²) < 4.78 is 6.18. The predicted octanol–water partition coefficient (Wildman–Crippen LogP) is 8.87. The van der Waals surface area contributed by atoms with E-state index in [0.29, 0.717) is 5.56 Å². The number of nitrogens with zero attached hydrogens (tertiary/aromatic N) is 2. The van der Waals surface area contributed by atoms with Crippen molar-refractivity contribution in [3.05, 3.63) is 107 Å². The third-order valence-electron chi connectivity index (χ3n) is 6.78. The first-order chi connectivity index (χ1) is 17.7. The van der Waals surface area contributed by atoms with E-state index in [2.05, 4.69) is 60.7 Å². The van der Waals surface area contributed by atoms with Crippen molar-refractivity contribution in [2.75, 3.05) is 0 Å². The fourth-order valence-corrected chi connectivity index (χ4v) is 5.96. The number of thiazole rings is 1. The Morgan fingerprint density at radius 2 is 1.50 bits per heavy atom. The maximum atomic E-state index is 9.23. The molecular formula is C32H20N2OS. The van der Waals surface area contributed by atoms with Crippen LogP contribution in [0.2, 0.25) is 0 Å². The topological polar surface area (TPSA) is 49.8 Å². The minimum Gasteiger partial charge on any atom is -0.456 e. The van der Waals surface area contributed by atoms with E-state index >= 15 is 0 Å². The number of rotatable bonds is 3. The number of benzene rings is 4. The lowest BCUT2D eigenvalue weighted by molar-refractivity contribution is 0.669. The lowest BCUT2D eigenvalue weighted by Gasteiger charge is -2.10. The molecule has 0 saturated carbocycles. The van der Waals surface area contributed by atoms with Gasteiger partial charge in [0, 0.05) is 16.3 Å². The molecule has 0 radical (unpaired) electrons. The molecule has 0 bridgehead atoms. The Morgan fingerprint density at radius 3 is 2.33 bits per heavy atom. The van der Waals surface area contributed by atoms with Crippen LogP contribution in [0.3, 0.4) is 0 Å². The molecule has 0 atom stereocenters. The summed E-state index contributed by atoms with van der Waals surface area (Å²) in [5, 5.41) is 12.5. The molecule has 4 heteroatoms. The Morgan fingerprint density at radius 1 is 0.750 bits per heavy atom. The molecule has 0 unspecified atom stereocenters. The van der Waals surface area contributed by atoms with Gasteiger partial charge in [-0.05, 0) is 89.7 Å². The first kappa shape index (κ1) is 20.9. The summed E-state index contributed by atoms with van der Waals surface area (Å²) in [5.41, 5.74) is 9.11. The van der Waals surface area contributed by atoms with Crippen LogP contribution in [-0.4, -0.2) is 4.98 Å². The summed E-state index contributed by atoms with van der Waals surface area (Å²) in [6.07, 6.45) is 6.46. The van der Waals surface area contributed by atoms with Gasteiger partial charge in [-0.15, -0.1) is 11.3 Å². The second-order valence-electron chi connectivity index (χ2n) is 9.07. The van der Waals surface area contributed by atoms with Gasteiger partial charge in [0.05, 0.1) is 22.2 Å². The van der Waals surface area contributed by atoms with Crippen LogP contribution >= 0.6 is 11.3 Å². The second-order valence-corrected chi connectivity index (χ2v) is 10.1. The van der Waals surface area contributed by atoms with Crippen LogP contribution in [0.4, 0.5) is 0 Å². The molecule has 1 aliphatic carbocycles. The van der Waals surface area contributed by atoms with Gasteiger partial charge in [-0.2, -0.15) is 5.26 Å². The lowest BCUT2D eigenvalue weighted by Crippen LogP contribution is -1.91. The Bertz CT molecular complexity index is 1850. The summed E-state index contributed by atoms with van der Waals surface area (Å²) in [4.78, 5) is 6.26. The zero-order valence-electron chi connectivity index (χ0n) is 19.4. The van der Waals surface area contributed by atoms with Crippen molar-refractivity contribution in [3.8, 4) is 38.9 Å². The average Bonchev–Trinajstić information content (AvgIpc) is 3.54. The summed E-state index contributed by atoms with van der Waals surface area (Å²) in [6, 6.07) is 31.2. The van der Waals surface area contributed by atoms with Gasteiger partial charge in [0.2, 0.25) is 0 Å². The molecule has 0 spiro atoms. The van der Waals surface area contributed by atoms with E-state index in [1.165, 1.54) is 10.6 Å². The van der Waals surface area contributed by atoms with Crippen LogP contribution < -0.4 is 0 Å². The van der Waals surface area contributed by atoms with Crippen LogP contribution in [0.5, 0.6) is 0 Å². The highest BCUT2D eigenvalue weighted by molar-refractivity contribution is 7.16. The van der Waals surface area contributed by atoms with E-state index in [4.69, 9.17) is 9.40 Å². The van der Waals surface area contributed by atoms with Crippen LogP contribution in [0.25, 0.3) is 60.8 Å². The van der Waals surface area contributed by atoms with Gasteiger partial charge >= 0.3 is 0 Å². The van der Waals surface area contributed by atoms with Crippen LogP contribution in [0.1, 0.15) is 22.6 Å². The zero-order valence-corrected chi connectivity index (χ0v) is 20.2. The maximum Gasteiger partial charge on any atom is 0.136 e. The number of allylic oxidation sites excluding steroid dienone is 1. The van der Waals surface area contributed by atoms with Gasteiger partial charge in [-0.3, -0.25) is 0 Å². The van der Waals surface area contributed by atoms with Gasteiger partial charge in [0.15, 0.2) is 0 Å². The van der Waals surface area contributed by atoms with Gasteiger partial charge in [0.25, 0.3) is 0 Å². The molecule has 0 fully saturated rings. The highest BCUT2D eigenvalue weighted by Crippen LogP contribution is 2.38. The summed E-state index contributed by atoms with van der Waals surface area (Å²) in [7, 11) is 0. The largest absolute Gasteiger partial charge is 0.456 e. The molecule has 6 aromatic rings. The lowest BCUT2D eigenvalue weighted by atomic mass is 9.95. The minimum atomic E-state index is 0.657. The Balaban J connectivity index is 1.41. The first-order valence-electron chi connectivity index (χ1n) is 12.0. The number of aromatic nitrogens is 1. The third kappa shape index (κ3) is 3.53. The van der Waals surface area contributed by atoms with E-state index in [1.807, 2.05) is 42.5 Å². The Hall–Kier alpha value is -4.46. The molecule has 170 valence electrons. The molecule has 0 aliphatic heterocycles. The molecule has 0 amide bonds. The number of hydrogen-bond acceptors (Lipinski definition) is 4. The number of aryl methyl sites for hydroxylation is 1. The quantitative estimate of drug-likeness (QED) is 0.254. The van der Waals surface area contributed by atoms with Gasteiger partial charge in [-0.1, -0.05) is 42.5 Å². The SMILES string of the molecule is N#Cc1ccc(-c2cc(-c3ccc4c(c3)oc3ccccc34)cc(-c3nc4c(s3)C=CCC4)c2)cc1. The number of furan rings is 1. The third-order valence-corrected chi connectivity index (χ3v) is 7.90. The summed E-state index contributed by atoms with van der Waals surface area (Å²) in [6.45, 7) is 0. The van der Waals surface area contributed by atoms with Crippen LogP contribution in [0.15, 0.2) is 95.4 Å². The average molecular weight is 481 g/mol. The molecular weight excluding hydrogens is 460 g/mol. The van der Waals surface area contributed by atoms with Crippen molar-refractivity contribution in [1.82, 2.24) is 4.98 Å². The van der Waals surface area contributed by atoms with E-state index in [9.17, 15) is 5.26 Å². The summed E-state index contributed by atoms with van der Waals surface area (Å²) >= 11 is 1.75. The molecule has 1 aliphatic rings. The van der Waals surface area contributed by atoms with Crippen LogP contribution in [0, 0.1) is 11.3 Å². The molecule has 3 nitrogen and oxygen atoms in total. The van der Waals surface area contributed by atoms with E-state index < -0.39 is 0 Å². The number of para-hydroxylation sites is 1. The van der Waals surface area contributed by atoms with Crippen molar-refractivity contribution in [2.45, 2.75) is 12.8 Å². The molecule has 2 heterocycles. The first-order valence-corrected chi connectivity index (χ1v) is 12.8. The van der Waals surface area contributed by atoms with Crippen LogP contribution in [-0.2, 0) is 6.42 Å². The van der Waals surface area contributed by atoms with Crippen molar-refractivity contribution in [1.29, 1.82) is 5.26 Å². The monoisotopic (exact) mass is 480 g/mol. The zero-order chi connectivity index (χ0) is 24.1. The van der Waals surface area contributed by atoms with Gasteiger partial charge < -0.3 is 4.42 Å². The minimum absolute atomic E-state index is 0.657. The highest BCUT2D eigenvalue weighted by atomic mass is 32.1. The molecule has 4 aromatic carbocycles. The predicted molar refractivity (Wildman–Crippen MR) is 148 cm³/mol. The molecule has 0 saturated heterocycles. The molecule has 0 N–H and O–H groups in total. The van der Waals surface area contributed by atoms with Gasteiger partial charge in [-0.25, -0.2) is 4.98 Å². The normalized spacial score (nSPS) is 12.6. The smallest absolute Gasteiger partial charge is 0.136 e. The second kappa shape index (κ2) is 8.34.